The van der Waals surface area contributed by atoms with Gasteiger partial charge in [-0.3, -0.25) is 9.69 Å². The number of amides is 1. The van der Waals surface area contributed by atoms with Crippen molar-refractivity contribution < 1.29 is 14.3 Å². The fraction of sp³-hybridized carbons (Fsp3) is 0.556. The lowest BCUT2D eigenvalue weighted by molar-refractivity contribution is -0.133. The summed E-state index contributed by atoms with van der Waals surface area (Å²) in [6, 6.07) is 7.16. The molecule has 2 atom stereocenters. The number of carbonyl (C=O) groups is 2. The van der Waals surface area contributed by atoms with Crippen LogP contribution >= 0.6 is 23.2 Å². The first-order chi connectivity index (χ1) is 11.3. The zero-order valence-corrected chi connectivity index (χ0v) is 15.7. The SMILES string of the molecule is CC(C)C(Cl)OC(=O)N(C)[C@]1(c2ccccc2Cl)CCCCC1=O. The van der Waals surface area contributed by atoms with Crippen molar-refractivity contribution in [1.82, 2.24) is 4.90 Å². The van der Waals surface area contributed by atoms with Gasteiger partial charge in [0.15, 0.2) is 11.3 Å². The minimum Gasteiger partial charge on any atom is -0.429 e. The van der Waals surface area contributed by atoms with Crippen LogP contribution in [0.5, 0.6) is 0 Å². The van der Waals surface area contributed by atoms with Crippen LogP contribution in [-0.4, -0.2) is 29.4 Å². The predicted molar refractivity (Wildman–Crippen MR) is 95.3 cm³/mol. The second-order valence-electron chi connectivity index (χ2n) is 6.51. The van der Waals surface area contributed by atoms with Gasteiger partial charge in [-0.1, -0.05) is 55.2 Å². The molecule has 24 heavy (non-hydrogen) atoms. The Morgan fingerprint density at radius 2 is 1.96 bits per heavy atom. The van der Waals surface area contributed by atoms with Crippen molar-refractivity contribution in [2.45, 2.75) is 50.6 Å². The second kappa shape index (κ2) is 7.75. The number of likely N-dealkylation sites (N-methyl/N-ethyl adjacent to an activating group) is 1. The molecule has 1 unspecified atom stereocenters. The first kappa shape index (κ1) is 19.1. The maximum atomic E-state index is 12.9. The maximum absolute atomic E-state index is 12.9. The average Bonchev–Trinajstić information content (AvgIpc) is 2.55. The molecule has 6 heteroatoms. The number of hydrogen-bond acceptors (Lipinski definition) is 3. The third-order valence-electron chi connectivity index (χ3n) is 4.56. The smallest absolute Gasteiger partial charge is 0.412 e. The van der Waals surface area contributed by atoms with Crippen LogP contribution in [0.25, 0.3) is 0 Å². The topological polar surface area (TPSA) is 46.6 Å². The summed E-state index contributed by atoms with van der Waals surface area (Å²) in [7, 11) is 1.58. The Morgan fingerprint density at radius 3 is 2.54 bits per heavy atom. The van der Waals surface area contributed by atoms with E-state index in [1.54, 1.807) is 25.2 Å². The number of hydrogen-bond donors (Lipinski definition) is 0. The molecule has 132 valence electrons. The lowest BCUT2D eigenvalue weighted by Crippen LogP contribution is -2.54. The molecule has 0 spiro atoms. The molecule has 0 aromatic heterocycles. The van der Waals surface area contributed by atoms with E-state index >= 15 is 0 Å². The molecule has 0 radical (unpaired) electrons. The lowest BCUT2D eigenvalue weighted by atomic mass is 9.74. The molecule has 1 aliphatic carbocycles. The Hall–Kier alpha value is -1.26. The number of nitrogens with zero attached hydrogens (tertiary/aromatic N) is 1. The van der Waals surface area contributed by atoms with Crippen LogP contribution in [0.1, 0.15) is 45.1 Å². The molecule has 1 aromatic carbocycles. The quantitative estimate of drug-likeness (QED) is 0.702. The van der Waals surface area contributed by atoms with Crippen molar-refractivity contribution in [3.05, 3.63) is 34.9 Å². The number of ether oxygens (including phenoxy) is 1. The normalized spacial score (nSPS) is 22.3. The summed E-state index contributed by atoms with van der Waals surface area (Å²) < 4.78 is 5.32. The van der Waals surface area contributed by atoms with E-state index in [1.165, 1.54) is 4.90 Å². The van der Waals surface area contributed by atoms with Crippen LogP contribution < -0.4 is 0 Å². The van der Waals surface area contributed by atoms with E-state index < -0.39 is 17.2 Å². The summed E-state index contributed by atoms with van der Waals surface area (Å²) in [5.41, 5.74) is -1.20. The molecule has 0 bridgehead atoms. The number of carbonyl (C=O) groups excluding carboxylic acids is 2. The minimum absolute atomic E-state index is 0.0167. The molecule has 0 heterocycles. The third-order valence-corrected chi connectivity index (χ3v) is 5.48. The second-order valence-corrected chi connectivity index (χ2v) is 7.35. The van der Waals surface area contributed by atoms with Gasteiger partial charge in [0.2, 0.25) is 0 Å². The monoisotopic (exact) mass is 371 g/mol. The first-order valence-corrected chi connectivity index (χ1v) is 8.99. The van der Waals surface area contributed by atoms with Crippen molar-refractivity contribution >= 4 is 35.1 Å². The molecule has 4 nitrogen and oxygen atoms in total. The Morgan fingerprint density at radius 1 is 1.29 bits per heavy atom. The van der Waals surface area contributed by atoms with E-state index in [2.05, 4.69) is 0 Å². The molecule has 0 aliphatic heterocycles. The largest absolute Gasteiger partial charge is 0.429 e. The number of ketones is 1. The highest BCUT2D eigenvalue weighted by Gasteiger charge is 2.48. The van der Waals surface area contributed by atoms with Gasteiger partial charge in [0.1, 0.15) is 5.54 Å². The molecular formula is C18H23Cl2NO3. The average molecular weight is 372 g/mol. The van der Waals surface area contributed by atoms with Crippen molar-refractivity contribution in [3.63, 3.8) is 0 Å². The molecule has 2 rings (SSSR count). The minimum atomic E-state index is -1.10. The van der Waals surface area contributed by atoms with E-state index in [4.69, 9.17) is 27.9 Å². The summed E-state index contributed by atoms with van der Waals surface area (Å²) >= 11 is 12.4. The highest BCUT2D eigenvalue weighted by molar-refractivity contribution is 6.31. The first-order valence-electron chi connectivity index (χ1n) is 8.17. The van der Waals surface area contributed by atoms with E-state index in [9.17, 15) is 9.59 Å². The number of Topliss-reactive ketones (excluding diaryl/α,β-unsaturated/α-hetero) is 1. The summed E-state index contributed by atoms with van der Waals surface area (Å²) in [6.45, 7) is 3.72. The Kier molecular flexibility index (Phi) is 6.16. The number of rotatable bonds is 4. The molecule has 1 aliphatic rings. The number of halogens is 2. The highest BCUT2D eigenvalue weighted by Crippen LogP contribution is 2.42. The molecule has 1 amide bonds. The van der Waals surface area contributed by atoms with Gasteiger partial charge in [0.05, 0.1) is 0 Å². The Labute approximate surface area is 153 Å². The van der Waals surface area contributed by atoms with Gasteiger partial charge >= 0.3 is 6.09 Å². The lowest BCUT2D eigenvalue weighted by Gasteiger charge is -2.43. The summed E-state index contributed by atoms with van der Waals surface area (Å²) in [5, 5.41) is 0.471. The summed E-state index contributed by atoms with van der Waals surface area (Å²) in [4.78, 5) is 26.9. The van der Waals surface area contributed by atoms with Gasteiger partial charge in [-0.15, -0.1) is 0 Å². The zero-order valence-electron chi connectivity index (χ0n) is 14.2. The van der Waals surface area contributed by atoms with Gasteiger partial charge in [-0.25, -0.2) is 4.79 Å². The van der Waals surface area contributed by atoms with E-state index in [1.807, 2.05) is 19.9 Å². The summed E-state index contributed by atoms with van der Waals surface area (Å²) in [6.07, 6.45) is 1.98. The van der Waals surface area contributed by atoms with Crippen LogP contribution in [0.4, 0.5) is 4.79 Å². The number of alkyl halides is 1. The van der Waals surface area contributed by atoms with Crippen LogP contribution in [0.15, 0.2) is 24.3 Å². The van der Waals surface area contributed by atoms with Crippen molar-refractivity contribution in [2.24, 2.45) is 5.92 Å². The van der Waals surface area contributed by atoms with Crippen molar-refractivity contribution in [1.29, 1.82) is 0 Å². The van der Waals surface area contributed by atoms with E-state index in [0.717, 1.165) is 12.8 Å². The van der Waals surface area contributed by atoms with E-state index in [0.29, 0.717) is 23.4 Å². The van der Waals surface area contributed by atoms with Crippen LogP contribution in [-0.2, 0) is 15.1 Å². The van der Waals surface area contributed by atoms with Crippen molar-refractivity contribution in [2.75, 3.05) is 7.05 Å². The number of benzene rings is 1. The molecule has 0 N–H and O–H groups in total. The van der Waals surface area contributed by atoms with Crippen LogP contribution in [0.3, 0.4) is 0 Å². The molecule has 0 saturated heterocycles. The van der Waals surface area contributed by atoms with Crippen LogP contribution in [0.2, 0.25) is 5.02 Å². The fourth-order valence-corrected chi connectivity index (χ4v) is 3.47. The highest BCUT2D eigenvalue weighted by atomic mass is 35.5. The van der Waals surface area contributed by atoms with Gasteiger partial charge in [-0.2, -0.15) is 0 Å². The summed E-state index contributed by atoms with van der Waals surface area (Å²) in [5.74, 6) is -0.0423. The molecule has 1 aromatic rings. The Balaban J connectivity index is 2.42. The van der Waals surface area contributed by atoms with Gasteiger partial charge in [-0.05, 0) is 25.3 Å². The van der Waals surface area contributed by atoms with Crippen molar-refractivity contribution in [3.8, 4) is 0 Å². The molecule has 1 fully saturated rings. The van der Waals surface area contributed by atoms with Gasteiger partial charge < -0.3 is 4.74 Å². The standard InChI is InChI=1S/C18H23Cl2NO3/c1-12(2)16(20)24-17(23)21(3)18(11-7-6-10-15(18)22)13-8-4-5-9-14(13)19/h4-5,8-9,12,16H,6-7,10-11H2,1-3H3/t16?,18-/m0/s1. The van der Waals surface area contributed by atoms with Crippen LogP contribution in [0, 0.1) is 5.92 Å². The predicted octanol–water partition coefficient (Wildman–Crippen LogP) is 4.97. The molecule has 1 saturated carbocycles. The molecular weight excluding hydrogens is 349 g/mol. The van der Waals surface area contributed by atoms with Gasteiger partial charge in [0, 0.05) is 30.0 Å². The zero-order chi connectivity index (χ0) is 17.9. The third kappa shape index (κ3) is 3.55. The maximum Gasteiger partial charge on any atom is 0.412 e. The van der Waals surface area contributed by atoms with E-state index in [-0.39, 0.29) is 11.7 Å². The van der Waals surface area contributed by atoms with Gasteiger partial charge in [0.25, 0.3) is 0 Å². The fourth-order valence-electron chi connectivity index (χ4n) is 3.10. The Bertz CT molecular complexity index is 620.